The minimum Gasteiger partial charge on any atom is -0.313 e. The van der Waals surface area contributed by atoms with Crippen LogP contribution in [0.15, 0.2) is 0 Å². The molecule has 0 aliphatic carbocycles. The Balaban J connectivity index is 2.39. The fraction of sp³-hybridized carbons (Fsp3) is 1.00. The van der Waals surface area contributed by atoms with Gasteiger partial charge in [0.2, 0.25) is 0 Å². The molecule has 1 aliphatic heterocycles. The zero-order valence-corrected chi connectivity index (χ0v) is 10.1. The van der Waals surface area contributed by atoms with Crippen LogP contribution in [-0.2, 0) is 0 Å². The molecule has 1 fully saturated rings. The lowest BCUT2D eigenvalue weighted by Crippen LogP contribution is -2.49. The quantitative estimate of drug-likeness (QED) is 0.728. The van der Waals surface area contributed by atoms with Crippen LogP contribution in [0.5, 0.6) is 0 Å². The van der Waals surface area contributed by atoms with Crippen LogP contribution in [0.25, 0.3) is 0 Å². The molecule has 0 aromatic heterocycles. The predicted molar refractivity (Wildman–Crippen MR) is 62.6 cm³/mol. The van der Waals surface area contributed by atoms with E-state index in [1.165, 1.54) is 38.9 Å². The molecule has 1 aliphatic rings. The van der Waals surface area contributed by atoms with E-state index in [0.717, 1.165) is 18.5 Å². The number of likely N-dealkylation sites (tertiary alicyclic amines) is 1. The van der Waals surface area contributed by atoms with Gasteiger partial charge in [-0.15, -0.1) is 0 Å². The molecular formula is C12H26N2. The standard InChI is InChI=1S/C12H26N2/c1-4-7-14-9-11(5-2)8-12(10-14)13-6-3/h11-13H,4-10H2,1-3H3. The zero-order chi connectivity index (χ0) is 10.4. The molecule has 2 heteroatoms. The Morgan fingerprint density at radius 1 is 1.21 bits per heavy atom. The topological polar surface area (TPSA) is 15.3 Å². The molecule has 2 unspecified atom stereocenters. The van der Waals surface area contributed by atoms with E-state index in [2.05, 4.69) is 31.0 Å². The molecule has 0 spiro atoms. The Morgan fingerprint density at radius 2 is 2.00 bits per heavy atom. The van der Waals surface area contributed by atoms with Crippen LogP contribution in [0.3, 0.4) is 0 Å². The van der Waals surface area contributed by atoms with E-state index < -0.39 is 0 Å². The number of nitrogens with zero attached hydrogens (tertiary/aromatic N) is 1. The van der Waals surface area contributed by atoms with Gasteiger partial charge in [-0.25, -0.2) is 0 Å². The molecule has 84 valence electrons. The van der Waals surface area contributed by atoms with Gasteiger partial charge in [0.15, 0.2) is 0 Å². The average Bonchev–Trinajstić information content (AvgIpc) is 2.18. The van der Waals surface area contributed by atoms with Gasteiger partial charge >= 0.3 is 0 Å². The van der Waals surface area contributed by atoms with Crippen molar-refractivity contribution < 1.29 is 0 Å². The highest BCUT2D eigenvalue weighted by Gasteiger charge is 2.24. The van der Waals surface area contributed by atoms with Crippen molar-refractivity contribution in [1.82, 2.24) is 10.2 Å². The second-order valence-electron chi connectivity index (χ2n) is 4.52. The maximum Gasteiger partial charge on any atom is 0.0198 e. The second-order valence-corrected chi connectivity index (χ2v) is 4.52. The van der Waals surface area contributed by atoms with Crippen molar-refractivity contribution in [2.75, 3.05) is 26.2 Å². The Kier molecular flexibility index (Phi) is 5.49. The van der Waals surface area contributed by atoms with Crippen molar-refractivity contribution in [3.8, 4) is 0 Å². The first kappa shape index (κ1) is 12.0. The van der Waals surface area contributed by atoms with Crippen molar-refractivity contribution >= 4 is 0 Å². The third-order valence-electron chi connectivity index (χ3n) is 3.22. The molecule has 2 atom stereocenters. The summed E-state index contributed by atoms with van der Waals surface area (Å²) >= 11 is 0. The summed E-state index contributed by atoms with van der Waals surface area (Å²) in [5, 5.41) is 3.60. The molecule has 0 aromatic rings. The van der Waals surface area contributed by atoms with Crippen molar-refractivity contribution in [3.05, 3.63) is 0 Å². The number of piperidine rings is 1. The van der Waals surface area contributed by atoms with E-state index in [9.17, 15) is 0 Å². The van der Waals surface area contributed by atoms with Gasteiger partial charge in [0.25, 0.3) is 0 Å². The van der Waals surface area contributed by atoms with Crippen LogP contribution in [0.1, 0.15) is 40.0 Å². The van der Waals surface area contributed by atoms with Crippen LogP contribution in [0.2, 0.25) is 0 Å². The lowest BCUT2D eigenvalue weighted by molar-refractivity contribution is 0.139. The first-order chi connectivity index (χ1) is 6.80. The van der Waals surface area contributed by atoms with Crippen molar-refractivity contribution in [3.63, 3.8) is 0 Å². The first-order valence-electron chi connectivity index (χ1n) is 6.25. The van der Waals surface area contributed by atoms with Crippen molar-refractivity contribution in [1.29, 1.82) is 0 Å². The van der Waals surface area contributed by atoms with Gasteiger partial charge in [-0.3, -0.25) is 0 Å². The summed E-state index contributed by atoms with van der Waals surface area (Å²) in [5.74, 6) is 0.916. The summed E-state index contributed by atoms with van der Waals surface area (Å²) in [6, 6.07) is 0.741. The van der Waals surface area contributed by atoms with Crippen LogP contribution >= 0.6 is 0 Å². The minimum absolute atomic E-state index is 0.741. The first-order valence-corrected chi connectivity index (χ1v) is 6.25. The molecule has 1 saturated heterocycles. The third kappa shape index (κ3) is 3.58. The molecule has 0 bridgehead atoms. The largest absolute Gasteiger partial charge is 0.313 e. The lowest BCUT2D eigenvalue weighted by Gasteiger charge is -2.37. The van der Waals surface area contributed by atoms with Gasteiger partial charge in [0.1, 0.15) is 0 Å². The summed E-state index contributed by atoms with van der Waals surface area (Å²) in [5.41, 5.74) is 0. The Hall–Kier alpha value is -0.0800. The zero-order valence-electron chi connectivity index (χ0n) is 10.1. The second kappa shape index (κ2) is 6.41. The molecule has 0 radical (unpaired) electrons. The number of nitrogens with one attached hydrogen (secondary N) is 1. The highest BCUT2D eigenvalue weighted by molar-refractivity contribution is 4.82. The molecule has 14 heavy (non-hydrogen) atoms. The van der Waals surface area contributed by atoms with E-state index in [-0.39, 0.29) is 0 Å². The summed E-state index contributed by atoms with van der Waals surface area (Å²) in [6.07, 6.45) is 4.00. The number of hydrogen-bond acceptors (Lipinski definition) is 2. The van der Waals surface area contributed by atoms with Crippen molar-refractivity contribution in [2.24, 2.45) is 5.92 Å². The average molecular weight is 198 g/mol. The van der Waals surface area contributed by atoms with Gasteiger partial charge in [-0.2, -0.15) is 0 Å². The van der Waals surface area contributed by atoms with E-state index in [0.29, 0.717) is 0 Å². The monoisotopic (exact) mass is 198 g/mol. The maximum absolute atomic E-state index is 3.60. The van der Waals surface area contributed by atoms with Gasteiger partial charge in [-0.1, -0.05) is 27.2 Å². The van der Waals surface area contributed by atoms with E-state index in [1.807, 2.05) is 0 Å². The molecule has 0 amide bonds. The van der Waals surface area contributed by atoms with Crippen molar-refractivity contribution in [2.45, 2.75) is 46.1 Å². The molecular weight excluding hydrogens is 172 g/mol. The van der Waals surface area contributed by atoms with E-state index >= 15 is 0 Å². The smallest absolute Gasteiger partial charge is 0.0198 e. The Morgan fingerprint density at radius 3 is 2.57 bits per heavy atom. The summed E-state index contributed by atoms with van der Waals surface area (Å²) in [6.45, 7) is 11.8. The number of likely N-dealkylation sites (N-methyl/N-ethyl adjacent to an activating group) is 1. The minimum atomic E-state index is 0.741. The number of hydrogen-bond donors (Lipinski definition) is 1. The lowest BCUT2D eigenvalue weighted by atomic mass is 9.92. The van der Waals surface area contributed by atoms with E-state index in [4.69, 9.17) is 0 Å². The SMILES string of the molecule is CCCN1CC(CC)CC(NCC)C1. The molecule has 2 nitrogen and oxygen atoms in total. The van der Waals surface area contributed by atoms with Gasteiger partial charge in [-0.05, 0) is 31.8 Å². The summed E-state index contributed by atoms with van der Waals surface area (Å²) < 4.78 is 0. The van der Waals surface area contributed by atoms with Gasteiger partial charge in [0, 0.05) is 19.1 Å². The Bertz CT molecular complexity index is 133. The normalized spacial score (nSPS) is 29.4. The fourth-order valence-corrected chi connectivity index (χ4v) is 2.53. The summed E-state index contributed by atoms with van der Waals surface area (Å²) in [7, 11) is 0. The van der Waals surface area contributed by atoms with Gasteiger partial charge < -0.3 is 10.2 Å². The predicted octanol–water partition coefficient (Wildman–Crippen LogP) is 2.11. The van der Waals surface area contributed by atoms with Crippen LogP contribution in [0.4, 0.5) is 0 Å². The molecule has 1 rings (SSSR count). The van der Waals surface area contributed by atoms with Crippen LogP contribution in [-0.4, -0.2) is 37.1 Å². The molecule has 0 aromatic carbocycles. The van der Waals surface area contributed by atoms with Crippen LogP contribution < -0.4 is 5.32 Å². The highest BCUT2D eigenvalue weighted by atomic mass is 15.2. The van der Waals surface area contributed by atoms with Gasteiger partial charge in [0.05, 0.1) is 0 Å². The number of rotatable bonds is 5. The Labute approximate surface area is 89.1 Å². The maximum atomic E-state index is 3.60. The highest BCUT2D eigenvalue weighted by Crippen LogP contribution is 2.19. The molecule has 1 heterocycles. The molecule has 1 N–H and O–H groups in total. The summed E-state index contributed by atoms with van der Waals surface area (Å²) in [4.78, 5) is 2.63. The molecule has 0 saturated carbocycles. The van der Waals surface area contributed by atoms with E-state index in [1.54, 1.807) is 0 Å². The fourth-order valence-electron chi connectivity index (χ4n) is 2.53. The van der Waals surface area contributed by atoms with Crippen LogP contribution in [0, 0.1) is 5.92 Å². The third-order valence-corrected chi connectivity index (χ3v) is 3.22.